The predicted octanol–water partition coefficient (Wildman–Crippen LogP) is 2.79. The zero-order valence-corrected chi connectivity index (χ0v) is 10.6. The molecule has 0 heterocycles. The van der Waals surface area contributed by atoms with Crippen LogP contribution in [-0.2, 0) is 4.79 Å². The van der Waals surface area contributed by atoms with Crippen LogP contribution in [0.1, 0.15) is 20.3 Å². The zero-order chi connectivity index (χ0) is 13.1. The number of hydrogen-bond acceptors (Lipinski definition) is 2. The third kappa shape index (κ3) is 3.17. The minimum Gasteiger partial charge on any atom is -0.329 e. The second-order valence-corrected chi connectivity index (χ2v) is 4.63. The van der Waals surface area contributed by atoms with E-state index in [1.807, 2.05) is 6.92 Å². The number of carbonyl (C=O) groups excluding carboxylic acids is 1. The van der Waals surface area contributed by atoms with E-state index in [9.17, 15) is 9.18 Å². The highest BCUT2D eigenvalue weighted by Gasteiger charge is 2.30. The summed E-state index contributed by atoms with van der Waals surface area (Å²) in [6.45, 7) is 3.81. The SMILES string of the molecule is CCC(C)(CN)C(=O)Nc1cc(Cl)ccc1F. The van der Waals surface area contributed by atoms with E-state index in [-0.39, 0.29) is 18.1 Å². The Balaban J connectivity index is 2.91. The van der Waals surface area contributed by atoms with E-state index in [1.165, 1.54) is 18.2 Å². The van der Waals surface area contributed by atoms with Crippen molar-refractivity contribution in [3.05, 3.63) is 29.0 Å². The van der Waals surface area contributed by atoms with Gasteiger partial charge in [-0.3, -0.25) is 4.79 Å². The zero-order valence-electron chi connectivity index (χ0n) is 9.89. The Labute approximate surface area is 105 Å². The predicted molar refractivity (Wildman–Crippen MR) is 67.5 cm³/mol. The van der Waals surface area contributed by atoms with Gasteiger partial charge in [0.2, 0.25) is 5.91 Å². The molecule has 0 saturated carbocycles. The first-order chi connectivity index (χ1) is 7.92. The molecule has 94 valence electrons. The van der Waals surface area contributed by atoms with Gasteiger partial charge in [0.05, 0.1) is 11.1 Å². The van der Waals surface area contributed by atoms with Crippen LogP contribution < -0.4 is 11.1 Å². The first kappa shape index (κ1) is 13.9. The lowest BCUT2D eigenvalue weighted by atomic mass is 9.86. The normalized spacial score (nSPS) is 14.2. The topological polar surface area (TPSA) is 55.1 Å². The number of nitrogens with two attached hydrogens (primary N) is 1. The van der Waals surface area contributed by atoms with Crippen molar-refractivity contribution in [1.29, 1.82) is 0 Å². The molecular weight excluding hydrogens is 243 g/mol. The highest BCUT2D eigenvalue weighted by atomic mass is 35.5. The van der Waals surface area contributed by atoms with E-state index < -0.39 is 11.2 Å². The Kier molecular flexibility index (Phi) is 4.48. The van der Waals surface area contributed by atoms with Crippen molar-refractivity contribution in [1.82, 2.24) is 0 Å². The third-order valence-corrected chi connectivity index (χ3v) is 3.19. The summed E-state index contributed by atoms with van der Waals surface area (Å²) < 4.78 is 13.4. The Morgan fingerprint density at radius 2 is 2.24 bits per heavy atom. The minimum absolute atomic E-state index is 0.0793. The van der Waals surface area contributed by atoms with Gasteiger partial charge in [-0.15, -0.1) is 0 Å². The Hall–Kier alpha value is -1.13. The molecule has 0 fully saturated rings. The molecule has 0 aliphatic carbocycles. The molecule has 0 spiro atoms. The fraction of sp³-hybridized carbons (Fsp3) is 0.417. The summed E-state index contributed by atoms with van der Waals surface area (Å²) in [6, 6.07) is 4.01. The average Bonchev–Trinajstić information content (AvgIpc) is 2.32. The number of halogens is 2. The molecule has 1 rings (SSSR count). The fourth-order valence-electron chi connectivity index (χ4n) is 1.26. The van der Waals surface area contributed by atoms with Crippen LogP contribution in [0.5, 0.6) is 0 Å². The quantitative estimate of drug-likeness (QED) is 0.873. The van der Waals surface area contributed by atoms with Gasteiger partial charge in [-0.25, -0.2) is 4.39 Å². The highest BCUT2D eigenvalue weighted by Crippen LogP contribution is 2.25. The Bertz CT molecular complexity index is 419. The van der Waals surface area contributed by atoms with Crippen LogP contribution in [0.15, 0.2) is 18.2 Å². The first-order valence-corrected chi connectivity index (χ1v) is 5.77. The molecule has 0 aliphatic heterocycles. The summed E-state index contributed by atoms with van der Waals surface area (Å²) in [5.41, 5.74) is 4.94. The van der Waals surface area contributed by atoms with E-state index in [0.717, 1.165) is 0 Å². The number of amides is 1. The molecule has 0 aromatic heterocycles. The van der Waals surface area contributed by atoms with Crippen LogP contribution in [0, 0.1) is 11.2 Å². The van der Waals surface area contributed by atoms with Gasteiger partial charge >= 0.3 is 0 Å². The number of rotatable bonds is 4. The number of anilines is 1. The van der Waals surface area contributed by atoms with Gasteiger partial charge in [-0.2, -0.15) is 0 Å². The Morgan fingerprint density at radius 3 is 2.76 bits per heavy atom. The minimum atomic E-state index is -0.700. The summed E-state index contributed by atoms with van der Waals surface area (Å²) in [4.78, 5) is 12.0. The molecule has 3 nitrogen and oxygen atoms in total. The molecule has 3 N–H and O–H groups in total. The Morgan fingerprint density at radius 1 is 1.59 bits per heavy atom. The molecule has 0 bridgehead atoms. The van der Waals surface area contributed by atoms with Crippen LogP contribution in [0.3, 0.4) is 0 Å². The number of carbonyl (C=O) groups is 1. The summed E-state index contributed by atoms with van der Waals surface area (Å²) in [7, 11) is 0. The molecule has 1 aromatic carbocycles. The van der Waals surface area contributed by atoms with Crippen LogP contribution in [0.25, 0.3) is 0 Å². The lowest BCUT2D eigenvalue weighted by Crippen LogP contribution is -2.39. The molecule has 0 radical (unpaired) electrons. The summed E-state index contributed by atoms with van der Waals surface area (Å²) in [6.07, 6.45) is 0.581. The lowest BCUT2D eigenvalue weighted by molar-refractivity contribution is -0.124. The van der Waals surface area contributed by atoms with Gasteiger partial charge < -0.3 is 11.1 Å². The number of nitrogens with one attached hydrogen (secondary N) is 1. The standard InChI is InChI=1S/C12H16ClFN2O/c1-3-12(2,7-15)11(17)16-10-6-8(13)4-5-9(10)14/h4-6H,3,7,15H2,1-2H3,(H,16,17). The second kappa shape index (κ2) is 5.47. The smallest absolute Gasteiger partial charge is 0.231 e. The van der Waals surface area contributed by atoms with E-state index in [1.54, 1.807) is 6.92 Å². The van der Waals surface area contributed by atoms with Gasteiger partial charge in [-0.1, -0.05) is 18.5 Å². The number of hydrogen-bond donors (Lipinski definition) is 2. The van der Waals surface area contributed by atoms with Gasteiger partial charge in [0.25, 0.3) is 0 Å². The van der Waals surface area contributed by atoms with Crippen molar-refractivity contribution < 1.29 is 9.18 Å². The lowest BCUT2D eigenvalue weighted by Gasteiger charge is -2.25. The maximum absolute atomic E-state index is 13.4. The van der Waals surface area contributed by atoms with E-state index >= 15 is 0 Å². The molecule has 1 unspecified atom stereocenters. The van der Waals surface area contributed by atoms with Crippen LogP contribution >= 0.6 is 11.6 Å². The maximum Gasteiger partial charge on any atom is 0.231 e. The average molecular weight is 259 g/mol. The van der Waals surface area contributed by atoms with Crippen LogP contribution in [0.2, 0.25) is 5.02 Å². The van der Waals surface area contributed by atoms with Crippen molar-refractivity contribution in [3.8, 4) is 0 Å². The largest absolute Gasteiger partial charge is 0.329 e. The van der Waals surface area contributed by atoms with E-state index in [4.69, 9.17) is 17.3 Å². The van der Waals surface area contributed by atoms with E-state index in [2.05, 4.69) is 5.32 Å². The van der Waals surface area contributed by atoms with Gasteiger partial charge in [0.1, 0.15) is 5.82 Å². The molecule has 5 heteroatoms. The van der Waals surface area contributed by atoms with Crippen molar-refractivity contribution in [2.45, 2.75) is 20.3 Å². The fourth-order valence-corrected chi connectivity index (χ4v) is 1.44. The van der Waals surface area contributed by atoms with Crippen molar-refractivity contribution in [3.63, 3.8) is 0 Å². The summed E-state index contributed by atoms with van der Waals surface area (Å²) in [5.74, 6) is -0.818. The molecule has 1 amide bonds. The van der Waals surface area contributed by atoms with Gasteiger partial charge in [-0.05, 0) is 31.5 Å². The van der Waals surface area contributed by atoms with Crippen molar-refractivity contribution in [2.24, 2.45) is 11.1 Å². The summed E-state index contributed by atoms with van der Waals surface area (Å²) >= 11 is 5.74. The maximum atomic E-state index is 13.4. The van der Waals surface area contributed by atoms with Crippen molar-refractivity contribution in [2.75, 3.05) is 11.9 Å². The molecular formula is C12H16ClFN2O. The van der Waals surface area contributed by atoms with Crippen LogP contribution in [-0.4, -0.2) is 12.5 Å². The number of benzene rings is 1. The van der Waals surface area contributed by atoms with Gasteiger partial charge in [0, 0.05) is 11.6 Å². The first-order valence-electron chi connectivity index (χ1n) is 5.39. The monoisotopic (exact) mass is 258 g/mol. The highest BCUT2D eigenvalue weighted by molar-refractivity contribution is 6.30. The molecule has 17 heavy (non-hydrogen) atoms. The third-order valence-electron chi connectivity index (χ3n) is 2.96. The van der Waals surface area contributed by atoms with Crippen molar-refractivity contribution >= 4 is 23.2 Å². The van der Waals surface area contributed by atoms with Gasteiger partial charge in [0.15, 0.2) is 0 Å². The van der Waals surface area contributed by atoms with E-state index in [0.29, 0.717) is 11.4 Å². The molecule has 1 aromatic rings. The molecule has 0 aliphatic rings. The second-order valence-electron chi connectivity index (χ2n) is 4.20. The van der Waals surface area contributed by atoms with Crippen LogP contribution in [0.4, 0.5) is 10.1 Å². The summed E-state index contributed by atoms with van der Waals surface area (Å²) in [5, 5.41) is 2.88. The molecule has 1 atom stereocenters. The molecule has 0 saturated heterocycles.